The Kier molecular flexibility index (Phi) is 3.19. The third kappa shape index (κ3) is 2.27. The van der Waals surface area contributed by atoms with E-state index in [0.717, 1.165) is 20.6 Å². The Morgan fingerprint density at radius 3 is 2.73 bits per heavy atom. The Labute approximate surface area is 101 Å². The number of aryl methyl sites for hydroxylation is 1. The zero-order valence-electron chi connectivity index (χ0n) is 8.27. The van der Waals surface area contributed by atoms with Crippen molar-refractivity contribution in [3.8, 4) is 0 Å². The summed E-state index contributed by atoms with van der Waals surface area (Å²) in [5, 5.41) is 2.03. The summed E-state index contributed by atoms with van der Waals surface area (Å²) in [6.45, 7) is 1.97. The van der Waals surface area contributed by atoms with E-state index in [1.807, 2.05) is 36.7 Å². The molecule has 0 radical (unpaired) electrons. The van der Waals surface area contributed by atoms with Crippen molar-refractivity contribution in [2.45, 2.75) is 13.0 Å². The zero-order chi connectivity index (χ0) is 10.8. The zero-order valence-corrected chi connectivity index (χ0v) is 10.7. The molecule has 0 bridgehead atoms. The molecule has 0 aliphatic carbocycles. The molecule has 0 aliphatic heterocycles. The van der Waals surface area contributed by atoms with Crippen molar-refractivity contribution in [2.24, 2.45) is 5.73 Å². The molecule has 1 unspecified atom stereocenters. The molecule has 0 amide bonds. The summed E-state index contributed by atoms with van der Waals surface area (Å²) in [7, 11) is 0. The Bertz CT molecular complexity index is 450. The molecule has 78 valence electrons. The lowest BCUT2D eigenvalue weighted by Crippen LogP contribution is -2.11. The van der Waals surface area contributed by atoms with Crippen molar-refractivity contribution in [1.82, 2.24) is 4.98 Å². The lowest BCUT2D eigenvalue weighted by atomic mass is 10.1. The van der Waals surface area contributed by atoms with E-state index in [9.17, 15) is 0 Å². The van der Waals surface area contributed by atoms with E-state index in [1.54, 1.807) is 11.3 Å². The number of nitrogens with zero attached hydrogens (tertiary/aromatic N) is 1. The quantitative estimate of drug-likeness (QED) is 0.918. The van der Waals surface area contributed by atoms with Crippen LogP contribution in [0.4, 0.5) is 0 Å². The van der Waals surface area contributed by atoms with Gasteiger partial charge in [0.15, 0.2) is 0 Å². The molecular formula is C11H11BrN2S. The van der Waals surface area contributed by atoms with Crippen molar-refractivity contribution in [2.75, 3.05) is 0 Å². The maximum atomic E-state index is 6.15. The Morgan fingerprint density at radius 2 is 2.20 bits per heavy atom. The number of nitrogens with two attached hydrogens (primary N) is 1. The Hall–Kier alpha value is -0.710. The van der Waals surface area contributed by atoms with Gasteiger partial charge in [0.25, 0.3) is 0 Å². The van der Waals surface area contributed by atoms with Crippen LogP contribution in [0.5, 0.6) is 0 Å². The van der Waals surface area contributed by atoms with Gasteiger partial charge in [-0.3, -0.25) is 4.98 Å². The number of pyridine rings is 1. The molecule has 2 aromatic heterocycles. The van der Waals surface area contributed by atoms with Crippen LogP contribution in [0, 0.1) is 6.92 Å². The summed E-state index contributed by atoms with van der Waals surface area (Å²) >= 11 is 5.15. The van der Waals surface area contributed by atoms with Crippen LogP contribution in [0.1, 0.15) is 22.2 Å². The third-order valence-electron chi connectivity index (χ3n) is 2.22. The van der Waals surface area contributed by atoms with Gasteiger partial charge in [-0.05, 0) is 45.9 Å². The van der Waals surface area contributed by atoms with Gasteiger partial charge < -0.3 is 5.73 Å². The number of thiophene rings is 1. The van der Waals surface area contributed by atoms with E-state index < -0.39 is 0 Å². The van der Waals surface area contributed by atoms with E-state index in [2.05, 4.69) is 20.9 Å². The fourth-order valence-corrected chi connectivity index (χ4v) is 2.99. The second-order valence-corrected chi connectivity index (χ2v) is 5.15. The van der Waals surface area contributed by atoms with Crippen molar-refractivity contribution in [1.29, 1.82) is 0 Å². The molecule has 2 N–H and O–H groups in total. The van der Waals surface area contributed by atoms with Crippen molar-refractivity contribution in [3.05, 3.63) is 50.4 Å². The number of hydrogen-bond donors (Lipinski definition) is 1. The van der Waals surface area contributed by atoms with Gasteiger partial charge in [-0.2, -0.15) is 0 Å². The molecule has 0 saturated heterocycles. The van der Waals surface area contributed by atoms with Crippen LogP contribution in [-0.4, -0.2) is 4.98 Å². The van der Waals surface area contributed by atoms with Crippen molar-refractivity contribution < 1.29 is 0 Å². The molecule has 1 atom stereocenters. The minimum absolute atomic E-state index is 0.0903. The van der Waals surface area contributed by atoms with E-state index in [0.29, 0.717) is 0 Å². The number of halogens is 1. The van der Waals surface area contributed by atoms with Gasteiger partial charge in [-0.25, -0.2) is 0 Å². The number of rotatable bonds is 2. The lowest BCUT2D eigenvalue weighted by Gasteiger charge is -2.10. The molecule has 2 aromatic rings. The summed E-state index contributed by atoms with van der Waals surface area (Å²) in [6, 6.07) is 5.93. The SMILES string of the molecule is Cc1ccc(C(N)c2sccc2Br)cn1. The maximum Gasteiger partial charge on any atom is 0.0672 e. The highest BCUT2D eigenvalue weighted by Gasteiger charge is 2.13. The van der Waals surface area contributed by atoms with Gasteiger partial charge in [-0.1, -0.05) is 6.07 Å². The van der Waals surface area contributed by atoms with Gasteiger partial charge in [0.1, 0.15) is 0 Å². The molecule has 0 aromatic carbocycles. The summed E-state index contributed by atoms with van der Waals surface area (Å²) < 4.78 is 1.07. The predicted octanol–water partition coefficient (Wildman–Crippen LogP) is 3.26. The average Bonchev–Trinajstić information content (AvgIpc) is 2.65. The first-order valence-electron chi connectivity index (χ1n) is 4.59. The first-order chi connectivity index (χ1) is 7.18. The summed E-state index contributed by atoms with van der Waals surface area (Å²) in [5.74, 6) is 0. The monoisotopic (exact) mass is 282 g/mol. The molecular weight excluding hydrogens is 272 g/mol. The van der Waals surface area contributed by atoms with Gasteiger partial charge in [-0.15, -0.1) is 11.3 Å². The molecule has 15 heavy (non-hydrogen) atoms. The highest BCUT2D eigenvalue weighted by atomic mass is 79.9. The fourth-order valence-electron chi connectivity index (χ4n) is 1.34. The van der Waals surface area contributed by atoms with Gasteiger partial charge in [0.05, 0.1) is 6.04 Å². The van der Waals surface area contributed by atoms with Crippen LogP contribution < -0.4 is 5.73 Å². The van der Waals surface area contributed by atoms with E-state index >= 15 is 0 Å². The first-order valence-corrected chi connectivity index (χ1v) is 6.27. The standard InChI is InChI=1S/C11H11BrN2S/c1-7-2-3-8(6-14-7)10(13)11-9(12)4-5-15-11/h2-6,10H,13H2,1H3. The lowest BCUT2D eigenvalue weighted by molar-refractivity contribution is 0.876. The largest absolute Gasteiger partial charge is 0.320 e. The van der Waals surface area contributed by atoms with Gasteiger partial charge in [0, 0.05) is 21.2 Å². The number of aromatic nitrogens is 1. The van der Waals surface area contributed by atoms with Crippen LogP contribution in [-0.2, 0) is 0 Å². The molecule has 0 aliphatic rings. The summed E-state index contributed by atoms with van der Waals surface area (Å²) in [6.07, 6.45) is 1.84. The average molecular weight is 283 g/mol. The molecule has 2 heterocycles. The highest BCUT2D eigenvalue weighted by Crippen LogP contribution is 2.31. The van der Waals surface area contributed by atoms with Gasteiger partial charge in [0.2, 0.25) is 0 Å². The molecule has 0 saturated carbocycles. The minimum Gasteiger partial charge on any atom is -0.320 e. The van der Waals surface area contributed by atoms with Crippen LogP contribution >= 0.6 is 27.3 Å². The Morgan fingerprint density at radius 1 is 1.40 bits per heavy atom. The minimum atomic E-state index is -0.0903. The van der Waals surface area contributed by atoms with E-state index in [-0.39, 0.29) is 6.04 Å². The Balaban J connectivity index is 2.32. The molecule has 4 heteroatoms. The normalized spacial score (nSPS) is 12.7. The topological polar surface area (TPSA) is 38.9 Å². The fraction of sp³-hybridized carbons (Fsp3) is 0.182. The highest BCUT2D eigenvalue weighted by molar-refractivity contribution is 9.10. The van der Waals surface area contributed by atoms with Crippen LogP contribution in [0.25, 0.3) is 0 Å². The third-order valence-corrected chi connectivity index (χ3v) is 4.17. The second-order valence-electron chi connectivity index (χ2n) is 3.34. The smallest absolute Gasteiger partial charge is 0.0672 e. The number of hydrogen-bond acceptors (Lipinski definition) is 3. The molecule has 2 rings (SSSR count). The van der Waals surface area contributed by atoms with Crippen molar-refractivity contribution >= 4 is 27.3 Å². The summed E-state index contributed by atoms with van der Waals surface area (Å²) in [4.78, 5) is 5.39. The maximum absolute atomic E-state index is 6.15. The van der Waals surface area contributed by atoms with Crippen LogP contribution in [0.3, 0.4) is 0 Å². The second kappa shape index (κ2) is 4.43. The van der Waals surface area contributed by atoms with E-state index in [4.69, 9.17) is 5.73 Å². The van der Waals surface area contributed by atoms with E-state index in [1.165, 1.54) is 0 Å². The first kappa shape index (κ1) is 10.8. The summed E-state index contributed by atoms with van der Waals surface area (Å²) in [5.41, 5.74) is 8.21. The molecule has 0 spiro atoms. The van der Waals surface area contributed by atoms with Crippen LogP contribution in [0.15, 0.2) is 34.2 Å². The molecule has 2 nitrogen and oxygen atoms in total. The molecule has 0 fully saturated rings. The van der Waals surface area contributed by atoms with Crippen LogP contribution in [0.2, 0.25) is 0 Å². The predicted molar refractivity (Wildman–Crippen MR) is 67.0 cm³/mol. The van der Waals surface area contributed by atoms with Crippen molar-refractivity contribution in [3.63, 3.8) is 0 Å². The van der Waals surface area contributed by atoms with Gasteiger partial charge >= 0.3 is 0 Å².